The first kappa shape index (κ1) is 17.4. The lowest BCUT2D eigenvalue weighted by molar-refractivity contribution is -0.134. The van der Waals surface area contributed by atoms with E-state index in [1.54, 1.807) is 35.2 Å². The Morgan fingerprint density at radius 3 is 2.67 bits per heavy atom. The van der Waals surface area contributed by atoms with Gasteiger partial charge in [-0.2, -0.15) is 0 Å². The van der Waals surface area contributed by atoms with Gasteiger partial charge in [0.15, 0.2) is 0 Å². The fraction of sp³-hybridized carbons (Fsp3) is 0.286. The summed E-state index contributed by atoms with van der Waals surface area (Å²) in [4.78, 5) is 31.3. The van der Waals surface area contributed by atoms with Crippen LogP contribution in [0.2, 0.25) is 0 Å². The van der Waals surface area contributed by atoms with Crippen LogP contribution in [0.5, 0.6) is 0 Å². The van der Waals surface area contributed by atoms with Gasteiger partial charge in [-0.05, 0) is 38.0 Å². The molecule has 138 valence electrons. The minimum absolute atomic E-state index is 0.0862. The molecule has 1 aromatic heterocycles. The van der Waals surface area contributed by atoms with Crippen LogP contribution in [-0.2, 0) is 11.3 Å². The zero-order chi connectivity index (χ0) is 19.0. The van der Waals surface area contributed by atoms with Crippen LogP contribution in [0.1, 0.15) is 31.4 Å². The summed E-state index contributed by atoms with van der Waals surface area (Å²) in [5.41, 5.74) is 1.44. The maximum Gasteiger partial charge on any atom is 0.269 e. The van der Waals surface area contributed by atoms with Gasteiger partial charge < -0.3 is 4.90 Å². The molecule has 2 aromatic carbocycles. The Labute approximate surface area is 156 Å². The molecule has 1 amide bonds. The molecule has 1 saturated carbocycles. The van der Waals surface area contributed by atoms with Crippen molar-refractivity contribution in [2.24, 2.45) is 0 Å². The molecule has 0 N–H and O–H groups in total. The van der Waals surface area contributed by atoms with Gasteiger partial charge in [0.05, 0.1) is 23.3 Å². The van der Waals surface area contributed by atoms with E-state index in [0.717, 1.165) is 12.8 Å². The van der Waals surface area contributed by atoms with E-state index < -0.39 is 6.04 Å². The standard InChI is InChI=1S/C21H20FN3O2/c1-14(16-6-2-3-7-17(16)22)25(15-10-11-15)21(27)13-24-19-9-5-4-8-18(19)23-12-20(24)26/h2-9,12,14-15H,10-11,13H2,1H3. The monoisotopic (exact) mass is 365 g/mol. The second kappa shape index (κ2) is 6.95. The van der Waals surface area contributed by atoms with E-state index in [1.165, 1.54) is 16.8 Å². The van der Waals surface area contributed by atoms with Crippen molar-refractivity contribution in [3.8, 4) is 0 Å². The van der Waals surface area contributed by atoms with Crippen LogP contribution in [0, 0.1) is 5.82 Å². The third-order valence-electron chi connectivity index (χ3n) is 5.05. The normalized spacial score (nSPS) is 14.9. The molecule has 27 heavy (non-hydrogen) atoms. The van der Waals surface area contributed by atoms with E-state index in [2.05, 4.69) is 4.98 Å². The number of amides is 1. The number of hydrogen-bond acceptors (Lipinski definition) is 3. The molecule has 1 heterocycles. The summed E-state index contributed by atoms with van der Waals surface area (Å²) < 4.78 is 15.7. The quantitative estimate of drug-likeness (QED) is 0.697. The summed E-state index contributed by atoms with van der Waals surface area (Å²) >= 11 is 0. The SMILES string of the molecule is CC(c1ccccc1F)N(C(=O)Cn1c(=O)cnc2ccccc21)C1CC1. The van der Waals surface area contributed by atoms with Crippen molar-refractivity contribution in [2.75, 3.05) is 0 Å². The highest BCUT2D eigenvalue weighted by Gasteiger charge is 2.37. The van der Waals surface area contributed by atoms with Crippen molar-refractivity contribution in [1.82, 2.24) is 14.5 Å². The Morgan fingerprint density at radius 1 is 1.22 bits per heavy atom. The molecule has 1 aliphatic rings. The Balaban J connectivity index is 1.68. The molecule has 4 rings (SSSR count). The van der Waals surface area contributed by atoms with Gasteiger partial charge in [-0.25, -0.2) is 9.37 Å². The largest absolute Gasteiger partial charge is 0.331 e. The Hall–Kier alpha value is -3.02. The van der Waals surface area contributed by atoms with Gasteiger partial charge in [0.1, 0.15) is 12.4 Å². The summed E-state index contributed by atoms with van der Waals surface area (Å²) in [6, 6.07) is 13.4. The van der Waals surface area contributed by atoms with Crippen LogP contribution >= 0.6 is 0 Å². The Kier molecular flexibility index (Phi) is 4.48. The number of carbonyl (C=O) groups excluding carboxylic acids is 1. The van der Waals surface area contributed by atoms with Crippen LogP contribution < -0.4 is 5.56 Å². The van der Waals surface area contributed by atoms with Crippen LogP contribution in [-0.4, -0.2) is 26.4 Å². The molecular weight excluding hydrogens is 345 g/mol. The van der Waals surface area contributed by atoms with Crippen molar-refractivity contribution < 1.29 is 9.18 Å². The number of halogens is 1. The number of aromatic nitrogens is 2. The Morgan fingerprint density at radius 2 is 1.93 bits per heavy atom. The fourth-order valence-electron chi connectivity index (χ4n) is 3.55. The first-order valence-electron chi connectivity index (χ1n) is 9.06. The fourth-order valence-corrected chi connectivity index (χ4v) is 3.55. The van der Waals surface area contributed by atoms with Crippen LogP contribution in [0.3, 0.4) is 0 Å². The number of rotatable bonds is 5. The van der Waals surface area contributed by atoms with Crippen molar-refractivity contribution in [3.05, 3.63) is 76.5 Å². The highest BCUT2D eigenvalue weighted by Crippen LogP contribution is 2.35. The summed E-state index contributed by atoms with van der Waals surface area (Å²) in [6.07, 6.45) is 3.03. The highest BCUT2D eigenvalue weighted by molar-refractivity contribution is 5.80. The van der Waals surface area contributed by atoms with Crippen molar-refractivity contribution in [1.29, 1.82) is 0 Å². The van der Waals surface area contributed by atoms with Gasteiger partial charge in [0, 0.05) is 11.6 Å². The lowest BCUT2D eigenvalue weighted by atomic mass is 10.1. The highest BCUT2D eigenvalue weighted by atomic mass is 19.1. The number of benzene rings is 2. The van der Waals surface area contributed by atoms with E-state index in [-0.39, 0.29) is 29.9 Å². The molecule has 0 spiro atoms. The van der Waals surface area contributed by atoms with Gasteiger partial charge in [0.2, 0.25) is 5.91 Å². The van der Waals surface area contributed by atoms with E-state index in [1.807, 2.05) is 19.1 Å². The molecule has 1 fully saturated rings. The van der Waals surface area contributed by atoms with Crippen LogP contribution in [0.25, 0.3) is 11.0 Å². The summed E-state index contributed by atoms with van der Waals surface area (Å²) in [5, 5.41) is 0. The summed E-state index contributed by atoms with van der Waals surface area (Å²) in [5.74, 6) is -0.512. The summed E-state index contributed by atoms with van der Waals surface area (Å²) in [7, 11) is 0. The first-order chi connectivity index (χ1) is 13.1. The van der Waals surface area contributed by atoms with Gasteiger partial charge >= 0.3 is 0 Å². The smallest absolute Gasteiger partial charge is 0.269 e. The number of hydrogen-bond donors (Lipinski definition) is 0. The van der Waals surface area contributed by atoms with Crippen molar-refractivity contribution in [2.45, 2.75) is 38.4 Å². The first-order valence-corrected chi connectivity index (χ1v) is 9.06. The minimum Gasteiger partial charge on any atom is -0.331 e. The zero-order valence-electron chi connectivity index (χ0n) is 15.0. The number of fused-ring (bicyclic) bond motifs is 1. The number of para-hydroxylation sites is 2. The van der Waals surface area contributed by atoms with Gasteiger partial charge in [-0.1, -0.05) is 30.3 Å². The Bertz CT molecular complexity index is 1060. The molecule has 1 aliphatic carbocycles. The second-order valence-electron chi connectivity index (χ2n) is 6.90. The molecule has 1 unspecified atom stereocenters. The second-order valence-corrected chi connectivity index (χ2v) is 6.90. The molecule has 0 radical (unpaired) electrons. The molecule has 0 bridgehead atoms. The molecular formula is C21H20FN3O2. The van der Waals surface area contributed by atoms with Crippen LogP contribution in [0.15, 0.2) is 59.5 Å². The topological polar surface area (TPSA) is 55.2 Å². The maximum atomic E-state index is 14.2. The van der Waals surface area contributed by atoms with Crippen molar-refractivity contribution in [3.63, 3.8) is 0 Å². The zero-order valence-corrected chi connectivity index (χ0v) is 15.0. The average molecular weight is 365 g/mol. The lowest BCUT2D eigenvalue weighted by Crippen LogP contribution is -2.40. The average Bonchev–Trinajstić information content (AvgIpc) is 3.49. The molecule has 0 aliphatic heterocycles. The molecule has 5 nitrogen and oxygen atoms in total. The predicted octanol–water partition coefficient (Wildman–Crippen LogP) is 3.29. The van der Waals surface area contributed by atoms with E-state index in [0.29, 0.717) is 16.6 Å². The van der Waals surface area contributed by atoms with Gasteiger partial charge in [0.25, 0.3) is 5.56 Å². The number of carbonyl (C=O) groups is 1. The van der Waals surface area contributed by atoms with Gasteiger partial charge in [-0.15, -0.1) is 0 Å². The lowest BCUT2D eigenvalue weighted by Gasteiger charge is -2.30. The van der Waals surface area contributed by atoms with E-state index in [4.69, 9.17) is 0 Å². The van der Waals surface area contributed by atoms with Crippen LogP contribution in [0.4, 0.5) is 4.39 Å². The minimum atomic E-state index is -0.394. The predicted molar refractivity (Wildman–Crippen MR) is 101 cm³/mol. The van der Waals surface area contributed by atoms with Gasteiger partial charge in [-0.3, -0.25) is 14.2 Å². The van der Waals surface area contributed by atoms with E-state index >= 15 is 0 Å². The summed E-state index contributed by atoms with van der Waals surface area (Å²) in [6.45, 7) is 1.75. The van der Waals surface area contributed by atoms with E-state index in [9.17, 15) is 14.0 Å². The molecule has 1 atom stereocenters. The molecule has 6 heteroatoms. The van der Waals surface area contributed by atoms with Crippen molar-refractivity contribution >= 4 is 16.9 Å². The maximum absolute atomic E-state index is 14.2. The molecule has 0 saturated heterocycles. The third kappa shape index (κ3) is 3.35. The third-order valence-corrected chi connectivity index (χ3v) is 5.05. The molecule has 3 aromatic rings. The number of nitrogens with zero attached hydrogens (tertiary/aromatic N) is 3.